The van der Waals surface area contributed by atoms with Gasteiger partial charge in [0.25, 0.3) is 0 Å². The second kappa shape index (κ2) is 11.6. The largest absolute Gasteiger partial charge is 0.348 e. The molecule has 0 radical (unpaired) electrons. The van der Waals surface area contributed by atoms with Gasteiger partial charge in [-0.3, -0.25) is 19.4 Å². The number of benzene rings is 2. The molecule has 2 N–H and O–H groups in total. The molecule has 0 saturated carbocycles. The number of piperazine rings is 1. The molecule has 2 amide bonds. The Morgan fingerprint density at radius 1 is 0.935 bits per heavy atom. The van der Waals surface area contributed by atoms with Crippen LogP contribution in [0.2, 0.25) is 0 Å². The Kier molecular flexibility index (Phi) is 8.55. The van der Waals surface area contributed by atoms with Gasteiger partial charge in [-0.25, -0.2) is 4.39 Å². The minimum Gasteiger partial charge on any atom is -0.348 e. The molecule has 1 atom stereocenters. The van der Waals surface area contributed by atoms with E-state index in [4.69, 9.17) is 0 Å². The standard InChI is InChI=1S/C24H31FN4O2/c1-2-7-22(19-8-4-3-5-9-19)27-24(31)18-29-14-12-28(13-15-29)17-23(30)26-21-11-6-10-20(25)16-21/h3-6,8-11,16,22H,2,7,12-15,17-18H2,1H3,(H,26,30)(H,27,31)/t22-/m1/s1. The number of carbonyl (C=O) groups excluding carboxylic acids is 2. The van der Waals surface area contributed by atoms with Gasteiger partial charge >= 0.3 is 0 Å². The molecule has 1 heterocycles. The third-order valence-corrected chi connectivity index (χ3v) is 5.42. The lowest BCUT2D eigenvalue weighted by molar-refractivity contribution is -0.124. The molecule has 0 spiro atoms. The summed E-state index contributed by atoms with van der Waals surface area (Å²) in [6, 6.07) is 16.0. The second-order valence-electron chi connectivity index (χ2n) is 7.93. The number of carbonyl (C=O) groups is 2. The maximum atomic E-state index is 13.2. The zero-order chi connectivity index (χ0) is 22.1. The lowest BCUT2D eigenvalue weighted by Gasteiger charge is -2.34. The SMILES string of the molecule is CCC[C@@H](NC(=O)CN1CCN(CC(=O)Nc2cccc(F)c2)CC1)c1ccccc1. The summed E-state index contributed by atoms with van der Waals surface area (Å²) >= 11 is 0. The van der Waals surface area contributed by atoms with Crippen molar-refractivity contribution in [1.29, 1.82) is 0 Å². The summed E-state index contributed by atoms with van der Waals surface area (Å²) < 4.78 is 13.2. The number of hydrogen-bond acceptors (Lipinski definition) is 4. The molecule has 166 valence electrons. The third-order valence-electron chi connectivity index (χ3n) is 5.42. The molecule has 3 rings (SSSR count). The van der Waals surface area contributed by atoms with E-state index >= 15 is 0 Å². The highest BCUT2D eigenvalue weighted by molar-refractivity contribution is 5.92. The lowest BCUT2D eigenvalue weighted by Crippen LogP contribution is -2.51. The van der Waals surface area contributed by atoms with Crippen LogP contribution in [0.3, 0.4) is 0 Å². The molecule has 7 heteroatoms. The smallest absolute Gasteiger partial charge is 0.238 e. The Hall–Kier alpha value is -2.77. The van der Waals surface area contributed by atoms with E-state index in [0.29, 0.717) is 25.3 Å². The Morgan fingerprint density at radius 2 is 1.58 bits per heavy atom. The fourth-order valence-corrected chi connectivity index (χ4v) is 3.81. The van der Waals surface area contributed by atoms with E-state index in [2.05, 4.69) is 22.5 Å². The fraction of sp³-hybridized carbons (Fsp3) is 0.417. The molecule has 0 aliphatic carbocycles. The van der Waals surface area contributed by atoms with Gasteiger partial charge in [-0.2, -0.15) is 0 Å². The van der Waals surface area contributed by atoms with Crippen molar-refractivity contribution in [3.05, 3.63) is 66.0 Å². The first-order chi connectivity index (χ1) is 15.0. The summed E-state index contributed by atoms with van der Waals surface area (Å²) in [5.41, 5.74) is 1.59. The lowest BCUT2D eigenvalue weighted by atomic mass is 10.0. The molecule has 1 aliphatic heterocycles. The summed E-state index contributed by atoms with van der Waals surface area (Å²) in [5.74, 6) is -0.514. The second-order valence-corrected chi connectivity index (χ2v) is 7.93. The molecular formula is C24H31FN4O2. The molecule has 1 saturated heterocycles. The molecule has 31 heavy (non-hydrogen) atoms. The van der Waals surface area contributed by atoms with E-state index in [1.165, 1.54) is 12.1 Å². The minimum atomic E-state index is -0.377. The van der Waals surface area contributed by atoms with Gasteiger partial charge in [0.2, 0.25) is 11.8 Å². The number of nitrogens with zero attached hydrogens (tertiary/aromatic N) is 2. The summed E-state index contributed by atoms with van der Waals surface area (Å²) in [5, 5.41) is 5.89. The van der Waals surface area contributed by atoms with Crippen molar-refractivity contribution in [3.8, 4) is 0 Å². The van der Waals surface area contributed by atoms with Crippen LogP contribution in [0.15, 0.2) is 54.6 Å². The molecule has 0 unspecified atom stereocenters. The van der Waals surface area contributed by atoms with Gasteiger partial charge in [0.05, 0.1) is 19.1 Å². The first-order valence-electron chi connectivity index (χ1n) is 10.9. The average molecular weight is 427 g/mol. The maximum absolute atomic E-state index is 13.2. The first-order valence-corrected chi connectivity index (χ1v) is 10.9. The van der Waals surface area contributed by atoms with Gasteiger partial charge in [-0.05, 0) is 30.2 Å². The van der Waals surface area contributed by atoms with Crippen molar-refractivity contribution < 1.29 is 14.0 Å². The molecule has 1 aliphatic rings. The van der Waals surface area contributed by atoms with E-state index < -0.39 is 0 Å². The highest BCUT2D eigenvalue weighted by atomic mass is 19.1. The van der Waals surface area contributed by atoms with Crippen LogP contribution in [0.1, 0.15) is 31.4 Å². The zero-order valence-electron chi connectivity index (χ0n) is 18.0. The number of amides is 2. The molecule has 0 bridgehead atoms. The predicted octanol–water partition coefficient (Wildman–Crippen LogP) is 3.04. The van der Waals surface area contributed by atoms with Gasteiger partial charge < -0.3 is 10.6 Å². The number of nitrogens with one attached hydrogen (secondary N) is 2. The summed E-state index contributed by atoms with van der Waals surface area (Å²) in [4.78, 5) is 29.0. The van der Waals surface area contributed by atoms with Crippen LogP contribution in [0.4, 0.5) is 10.1 Å². The number of rotatable bonds is 9. The minimum absolute atomic E-state index is 0.0274. The van der Waals surface area contributed by atoms with Crippen LogP contribution in [-0.2, 0) is 9.59 Å². The van der Waals surface area contributed by atoms with Crippen molar-refractivity contribution in [2.45, 2.75) is 25.8 Å². The summed E-state index contributed by atoms with van der Waals surface area (Å²) in [6.07, 6.45) is 1.90. The van der Waals surface area contributed by atoms with Crippen LogP contribution in [0.5, 0.6) is 0 Å². The zero-order valence-corrected chi connectivity index (χ0v) is 18.0. The Labute approximate surface area is 183 Å². The van der Waals surface area contributed by atoms with Crippen LogP contribution >= 0.6 is 0 Å². The Bertz CT molecular complexity index is 854. The molecule has 0 aromatic heterocycles. The predicted molar refractivity (Wildman–Crippen MR) is 120 cm³/mol. The van der Waals surface area contributed by atoms with Gasteiger partial charge in [-0.15, -0.1) is 0 Å². The third kappa shape index (κ3) is 7.45. The Balaban J connectivity index is 1.41. The summed E-state index contributed by atoms with van der Waals surface area (Å²) in [6.45, 7) is 5.60. The van der Waals surface area contributed by atoms with Crippen LogP contribution in [0.25, 0.3) is 0 Å². The van der Waals surface area contributed by atoms with Crippen molar-refractivity contribution >= 4 is 17.5 Å². The van der Waals surface area contributed by atoms with E-state index in [9.17, 15) is 14.0 Å². The number of anilines is 1. The normalized spacial score (nSPS) is 15.9. The van der Waals surface area contributed by atoms with Gasteiger partial charge in [0, 0.05) is 31.9 Å². The Morgan fingerprint density at radius 3 is 2.19 bits per heavy atom. The highest BCUT2D eigenvalue weighted by Gasteiger charge is 2.22. The quantitative estimate of drug-likeness (QED) is 0.647. The maximum Gasteiger partial charge on any atom is 0.238 e. The van der Waals surface area contributed by atoms with Crippen molar-refractivity contribution in [3.63, 3.8) is 0 Å². The van der Waals surface area contributed by atoms with E-state index in [-0.39, 0.29) is 30.2 Å². The van der Waals surface area contributed by atoms with Crippen LogP contribution in [0, 0.1) is 5.82 Å². The highest BCUT2D eigenvalue weighted by Crippen LogP contribution is 2.18. The number of hydrogen-bond donors (Lipinski definition) is 2. The van der Waals surface area contributed by atoms with Gasteiger partial charge in [-0.1, -0.05) is 49.7 Å². The van der Waals surface area contributed by atoms with Gasteiger partial charge in [0.15, 0.2) is 0 Å². The molecule has 6 nitrogen and oxygen atoms in total. The summed E-state index contributed by atoms with van der Waals surface area (Å²) in [7, 11) is 0. The monoisotopic (exact) mass is 426 g/mol. The van der Waals surface area contributed by atoms with E-state index in [0.717, 1.165) is 31.5 Å². The number of halogens is 1. The van der Waals surface area contributed by atoms with Crippen LogP contribution in [-0.4, -0.2) is 60.9 Å². The molecular weight excluding hydrogens is 395 g/mol. The van der Waals surface area contributed by atoms with Crippen molar-refractivity contribution in [1.82, 2.24) is 15.1 Å². The average Bonchev–Trinajstić information content (AvgIpc) is 2.75. The van der Waals surface area contributed by atoms with E-state index in [1.807, 2.05) is 35.2 Å². The van der Waals surface area contributed by atoms with Crippen molar-refractivity contribution in [2.24, 2.45) is 0 Å². The van der Waals surface area contributed by atoms with E-state index in [1.54, 1.807) is 12.1 Å². The molecule has 2 aromatic rings. The molecule has 2 aromatic carbocycles. The fourth-order valence-electron chi connectivity index (χ4n) is 3.81. The topological polar surface area (TPSA) is 64.7 Å². The first kappa shape index (κ1) is 22.9. The molecule has 1 fully saturated rings. The van der Waals surface area contributed by atoms with Crippen molar-refractivity contribution in [2.75, 3.05) is 44.6 Å². The van der Waals surface area contributed by atoms with Crippen LogP contribution < -0.4 is 10.6 Å². The van der Waals surface area contributed by atoms with Gasteiger partial charge in [0.1, 0.15) is 5.82 Å².